The number of rotatable bonds is 4. The van der Waals surface area contributed by atoms with E-state index < -0.39 is 0 Å². The Labute approximate surface area is 129 Å². The number of carbonyl (C=O) groups is 2. The second-order valence-corrected chi connectivity index (χ2v) is 5.90. The number of anilines is 1. The highest BCUT2D eigenvalue weighted by atomic mass is 35.5. The SMILES string of the molecule is Cc1ccc(NC(=O)CN2CCC[C@H](C(N)=O)C2)cc1Cl. The maximum atomic E-state index is 12.0. The number of amides is 2. The lowest BCUT2D eigenvalue weighted by Gasteiger charge is -2.30. The summed E-state index contributed by atoms with van der Waals surface area (Å²) in [5.41, 5.74) is 6.98. The summed E-state index contributed by atoms with van der Waals surface area (Å²) < 4.78 is 0. The standard InChI is InChI=1S/C15H20ClN3O2/c1-10-4-5-12(7-13(10)16)18-14(20)9-19-6-2-3-11(8-19)15(17)21/h4-5,7,11H,2-3,6,8-9H2,1H3,(H2,17,21)(H,18,20)/t11-/m0/s1. The molecule has 0 aliphatic carbocycles. The second-order valence-electron chi connectivity index (χ2n) is 5.49. The molecule has 3 N–H and O–H groups in total. The van der Waals surface area contributed by atoms with Crippen molar-refractivity contribution in [2.75, 3.05) is 25.0 Å². The lowest BCUT2D eigenvalue weighted by molar-refractivity contribution is -0.125. The Balaban J connectivity index is 1.89. The number of primary amides is 1. The topological polar surface area (TPSA) is 75.4 Å². The Morgan fingerprint density at radius 3 is 2.90 bits per heavy atom. The van der Waals surface area contributed by atoms with E-state index in [1.165, 1.54) is 0 Å². The quantitative estimate of drug-likeness (QED) is 0.890. The first-order chi connectivity index (χ1) is 9.95. The average Bonchev–Trinajstić information content (AvgIpc) is 2.43. The molecule has 1 aromatic carbocycles. The van der Waals surface area contributed by atoms with Crippen LogP contribution < -0.4 is 11.1 Å². The maximum Gasteiger partial charge on any atom is 0.238 e. The van der Waals surface area contributed by atoms with E-state index in [9.17, 15) is 9.59 Å². The van der Waals surface area contributed by atoms with Gasteiger partial charge in [-0.15, -0.1) is 0 Å². The van der Waals surface area contributed by atoms with Crippen LogP contribution >= 0.6 is 11.6 Å². The summed E-state index contributed by atoms with van der Waals surface area (Å²) in [4.78, 5) is 25.2. The van der Waals surface area contributed by atoms with E-state index in [0.29, 0.717) is 17.3 Å². The summed E-state index contributed by atoms with van der Waals surface area (Å²) in [6.45, 7) is 3.53. The summed E-state index contributed by atoms with van der Waals surface area (Å²) >= 11 is 6.03. The Morgan fingerprint density at radius 1 is 1.48 bits per heavy atom. The number of carbonyl (C=O) groups excluding carboxylic acids is 2. The molecule has 0 saturated carbocycles. The molecule has 1 aliphatic heterocycles. The molecule has 0 spiro atoms. The molecule has 2 amide bonds. The van der Waals surface area contributed by atoms with Gasteiger partial charge in [0.25, 0.3) is 0 Å². The summed E-state index contributed by atoms with van der Waals surface area (Å²) in [6.07, 6.45) is 1.69. The van der Waals surface area contributed by atoms with Crippen molar-refractivity contribution < 1.29 is 9.59 Å². The van der Waals surface area contributed by atoms with Crippen molar-refractivity contribution >= 4 is 29.1 Å². The fraction of sp³-hybridized carbons (Fsp3) is 0.467. The number of nitrogens with zero attached hydrogens (tertiary/aromatic N) is 1. The molecule has 114 valence electrons. The summed E-state index contributed by atoms with van der Waals surface area (Å²) in [7, 11) is 0. The van der Waals surface area contributed by atoms with Gasteiger partial charge < -0.3 is 11.1 Å². The maximum absolute atomic E-state index is 12.0. The first-order valence-electron chi connectivity index (χ1n) is 7.03. The Hall–Kier alpha value is -1.59. The number of nitrogens with one attached hydrogen (secondary N) is 1. The first-order valence-corrected chi connectivity index (χ1v) is 7.41. The van der Waals surface area contributed by atoms with Crippen LogP contribution in [0.5, 0.6) is 0 Å². The molecule has 1 aromatic rings. The van der Waals surface area contributed by atoms with Gasteiger partial charge in [0.15, 0.2) is 0 Å². The number of likely N-dealkylation sites (tertiary alicyclic amines) is 1. The normalized spacial score (nSPS) is 19.2. The molecule has 0 unspecified atom stereocenters. The van der Waals surface area contributed by atoms with Crippen molar-refractivity contribution in [1.29, 1.82) is 0 Å². The van der Waals surface area contributed by atoms with Crippen LogP contribution in [-0.2, 0) is 9.59 Å². The number of benzene rings is 1. The zero-order valence-corrected chi connectivity index (χ0v) is 12.8. The van der Waals surface area contributed by atoms with Crippen molar-refractivity contribution in [3.05, 3.63) is 28.8 Å². The number of hydrogen-bond donors (Lipinski definition) is 2. The molecule has 0 radical (unpaired) electrons. The molecule has 0 bridgehead atoms. The highest BCUT2D eigenvalue weighted by Gasteiger charge is 2.25. The minimum absolute atomic E-state index is 0.111. The molecule has 5 nitrogen and oxygen atoms in total. The van der Waals surface area contributed by atoms with Crippen molar-refractivity contribution in [1.82, 2.24) is 4.90 Å². The molecule has 2 rings (SSSR count). The van der Waals surface area contributed by atoms with Gasteiger partial charge >= 0.3 is 0 Å². The van der Waals surface area contributed by atoms with Crippen LogP contribution in [0.4, 0.5) is 5.69 Å². The third-order valence-corrected chi connectivity index (χ3v) is 4.14. The van der Waals surface area contributed by atoms with Crippen molar-refractivity contribution in [2.45, 2.75) is 19.8 Å². The number of hydrogen-bond acceptors (Lipinski definition) is 3. The van der Waals surface area contributed by atoms with Crippen LogP contribution in [-0.4, -0.2) is 36.3 Å². The predicted molar refractivity (Wildman–Crippen MR) is 83.2 cm³/mol. The number of nitrogens with two attached hydrogens (primary N) is 1. The fourth-order valence-electron chi connectivity index (χ4n) is 2.51. The van der Waals surface area contributed by atoms with Gasteiger partial charge in [0.2, 0.25) is 11.8 Å². The zero-order valence-electron chi connectivity index (χ0n) is 12.1. The van der Waals surface area contributed by atoms with E-state index in [-0.39, 0.29) is 24.3 Å². The summed E-state index contributed by atoms with van der Waals surface area (Å²) in [5, 5.41) is 3.44. The Morgan fingerprint density at radius 2 is 2.24 bits per heavy atom. The largest absolute Gasteiger partial charge is 0.369 e. The molecule has 1 aliphatic rings. The Kier molecular flexibility index (Phi) is 5.20. The van der Waals surface area contributed by atoms with Gasteiger partial charge in [-0.25, -0.2) is 0 Å². The van der Waals surface area contributed by atoms with Crippen molar-refractivity contribution in [3.63, 3.8) is 0 Å². The van der Waals surface area contributed by atoms with E-state index in [2.05, 4.69) is 5.32 Å². The average molecular weight is 310 g/mol. The molecule has 0 aromatic heterocycles. The van der Waals surface area contributed by atoms with E-state index in [0.717, 1.165) is 24.9 Å². The van der Waals surface area contributed by atoms with Crippen LogP contribution in [0.15, 0.2) is 18.2 Å². The summed E-state index contributed by atoms with van der Waals surface area (Å²) in [5.74, 6) is -0.550. The monoisotopic (exact) mass is 309 g/mol. The predicted octanol–water partition coefficient (Wildman–Crippen LogP) is 1.78. The van der Waals surface area contributed by atoms with Crippen LogP contribution in [0.25, 0.3) is 0 Å². The third kappa shape index (κ3) is 4.44. The van der Waals surface area contributed by atoms with Crippen molar-refractivity contribution in [2.24, 2.45) is 11.7 Å². The number of halogens is 1. The smallest absolute Gasteiger partial charge is 0.238 e. The van der Waals surface area contributed by atoms with Gasteiger partial charge in [-0.3, -0.25) is 14.5 Å². The number of piperidine rings is 1. The van der Waals surface area contributed by atoms with Gasteiger partial charge in [-0.1, -0.05) is 17.7 Å². The van der Waals surface area contributed by atoms with E-state index in [1.807, 2.05) is 24.0 Å². The van der Waals surface area contributed by atoms with Crippen LogP contribution in [0.2, 0.25) is 5.02 Å². The van der Waals surface area contributed by atoms with Gasteiger partial charge in [0.1, 0.15) is 0 Å². The molecule has 6 heteroatoms. The minimum Gasteiger partial charge on any atom is -0.369 e. The van der Waals surface area contributed by atoms with E-state index >= 15 is 0 Å². The summed E-state index contributed by atoms with van der Waals surface area (Å²) in [6, 6.07) is 5.42. The second kappa shape index (κ2) is 6.91. The number of aryl methyl sites for hydroxylation is 1. The van der Waals surface area contributed by atoms with E-state index in [4.69, 9.17) is 17.3 Å². The van der Waals surface area contributed by atoms with Crippen LogP contribution in [0.1, 0.15) is 18.4 Å². The van der Waals surface area contributed by atoms with Gasteiger partial charge in [-0.2, -0.15) is 0 Å². The molecular weight excluding hydrogens is 290 g/mol. The highest BCUT2D eigenvalue weighted by Crippen LogP contribution is 2.20. The Bertz CT molecular complexity index is 548. The molecule has 1 atom stereocenters. The highest BCUT2D eigenvalue weighted by molar-refractivity contribution is 6.31. The lowest BCUT2D eigenvalue weighted by atomic mass is 9.97. The minimum atomic E-state index is -0.287. The van der Waals surface area contributed by atoms with Gasteiger partial charge in [0, 0.05) is 17.3 Å². The third-order valence-electron chi connectivity index (χ3n) is 3.73. The molecule has 1 saturated heterocycles. The molecular formula is C15H20ClN3O2. The fourth-order valence-corrected chi connectivity index (χ4v) is 2.69. The van der Waals surface area contributed by atoms with Crippen LogP contribution in [0, 0.1) is 12.8 Å². The molecule has 21 heavy (non-hydrogen) atoms. The van der Waals surface area contributed by atoms with Crippen molar-refractivity contribution in [3.8, 4) is 0 Å². The van der Waals surface area contributed by atoms with E-state index in [1.54, 1.807) is 6.07 Å². The van der Waals surface area contributed by atoms with Gasteiger partial charge in [0.05, 0.1) is 12.5 Å². The first kappa shape index (κ1) is 15.8. The molecule has 1 fully saturated rings. The van der Waals surface area contributed by atoms with Gasteiger partial charge in [-0.05, 0) is 44.0 Å². The lowest BCUT2D eigenvalue weighted by Crippen LogP contribution is -2.44. The zero-order chi connectivity index (χ0) is 15.4. The molecule has 1 heterocycles. The van der Waals surface area contributed by atoms with Crippen LogP contribution in [0.3, 0.4) is 0 Å².